The van der Waals surface area contributed by atoms with Crippen molar-refractivity contribution in [3.8, 4) is 0 Å². The minimum absolute atomic E-state index is 0.0405. The molecule has 12 heteroatoms. The molecule has 12 nitrogen and oxygen atoms in total. The Kier molecular flexibility index (Phi) is 11.6. The molecule has 1 heterocycles. The molecule has 2 rings (SSSR count). The van der Waals surface area contributed by atoms with Gasteiger partial charge in [0.15, 0.2) is 0 Å². The third kappa shape index (κ3) is 9.43. The van der Waals surface area contributed by atoms with Crippen molar-refractivity contribution in [2.24, 2.45) is 17.6 Å². The molecule has 5 N–H and O–H groups in total. The Morgan fingerprint density at radius 2 is 1.61 bits per heavy atom. The van der Waals surface area contributed by atoms with Crippen LogP contribution >= 0.6 is 0 Å². The highest BCUT2D eigenvalue weighted by atomic mass is 16.5. The zero-order valence-corrected chi connectivity index (χ0v) is 21.8. The van der Waals surface area contributed by atoms with Gasteiger partial charge in [-0.15, -0.1) is 0 Å². The average molecular weight is 530 g/mol. The summed E-state index contributed by atoms with van der Waals surface area (Å²) < 4.78 is 5.05. The van der Waals surface area contributed by atoms with E-state index in [2.05, 4.69) is 16.0 Å². The summed E-state index contributed by atoms with van der Waals surface area (Å²) in [6.07, 6.45) is 1.60. The van der Waals surface area contributed by atoms with Crippen molar-refractivity contribution in [1.82, 2.24) is 15.5 Å². The number of imide groups is 1. The first-order valence-electron chi connectivity index (χ1n) is 12.4. The lowest BCUT2D eigenvalue weighted by Gasteiger charge is -2.22. The Balaban J connectivity index is 1.83. The zero-order valence-electron chi connectivity index (χ0n) is 21.8. The number of Topliss-reactive ketones (excluding diaryl/α,β-unsaturated/α-hetero) is 1. The molecule has 0 radical (unpaired) electrons. The summed E-state index contributed by atoms with van der Waals surface area (Å²) in [6, 6.07) is 5.79. The molecule has 0 saturated carbocycles. The molecule has 206 valence electrons. The van der Waals surface area contributed by atoms with Gasteiger partial charge in [0.05, 0.1) is 0 Å². The van der Waals surface area contributed by atoms with Crippen LogP contribution in [0.15, 0.2) is 36.4 Å². The summed E-state index contributed by atoms with van der Waals surface area (Å²) in [6.45, 7) is 5.76. The Morgan fingerprint density at radius 1 is 0.974 bits per heavy atom. The Hall–Kier alpha value is -4.06. The first-order valence-corrected chi connectivity index (χ1v) is 12.4. The van der Waals surface area contributed by atoms with E-state index >= 15 is 0 Å². The number of anilines is 1. The number of nitrogens with one attached hydrogen (secondary N) is 3. The summed E-state index contributed by atoms with van der Waals surface area (Å²) in [5, 5.41) is 7.85. The van der Waals surface area contributed by atoms with Gasteiger partial charge in [0.25, 0.3) is 11.8 Å². The fourth-order valence-corrected chi connectivity index (χ4v) is 3.56. The summed E-state index contributed by atoms with van der Waals surface area (Å²) >= 11 is 0. The number of hydrogen-bond donors (Lipinski definition) is 4. The van der Waals surface area contributed by atoms with E-state index in [1.54, 1.807) is 38.1 Å². The van der Waals surface area contributed by atoms with Crippen molar-refractivity contribution >= 4 is 41.2 Å². The van der Waals surface area contributed by atoms with E-state index in [1.165, 1.54) is 6.92 Å². The summed E-state index contributed by atoms with van der Waals surface area (Å²) in [5.41, 5.74) is 6.51. The van der Waals surface area contributed by atoms with Crippen LogP contribution in [0.25, 0.3) is 0 Å². The molecule has 1 aliphatic rings. The number of carbonyl (C=O) groups excluding carboxylic acids is 6. The molecule has 0 saturated heterocycles. The van der Waals surface area contributed by atoms with E-state index in [0.29, 0.717) is 24.3 Å². The molecule has 0 aromatic heterocycles. The van der Waals surface area contributed by atoms with Gasteiger partial charge in [-0.25, -0.2) is 4.79 Å². The topological polar surface area (TPSA) is 177 Å². The standard InChI is InChI=1S/C26H35N5O7/c1-16(2)21(14-20(32)10-13-31-22(33)8-9-23(31)34)25(36)29-17(3)24(35)30-19-6-4-18(5-7-19)15-38-26(37)28-12-11-27/h4-9,16-17,21H,10-15,27H2,1-3H3,(H,28,37)(H,29,36)(H,30,35)/t17-,21-/m0/s1. The molecule has 1 aromatic rings. The van der Waals surface area contributed by atoms with Crippen LogP contribution in [0.4, 0.5) is 10.5 Å². The molecule has 0 unspecified atom stereocenters. The van der Waals surface area contributed by atoms with Crippen LogP contribution in [0.3, 0.4) is 0 Å². The quantitative estimate of drug-likeness (QED) is 0.256. The third-order valence-corrected chi connectivity index (χ3v) is 5.86. The maximum Gasteiger partial charge on any atom is 0.407 e. The largest absolute Gasteiger partial charge is 0.445 e. The minimum Gasteiger partial charge on any atom is -0.445 e. The van der Waals surface area contributed by atoms with Crippen molar-refractivity contribution < 1.29 is 33.5 Å². The lowest BCUT2D eigenvalue weighted by atomic mass is 9.89. The van der Waals surface area contributed by atoms with Gasteiger partial charge in [0, 0.05) is 56.2 Å². The minimum atomic E-state index is -0.876. The van der Waals surface area contributed by atoms with E-state index in [-0.39, 0.29) is 37.7 Å². The van der Waals surface area contributed by atoms with Gasteiger partial charge in [0.2, 0.25) is 11.8 Å². The van der Waals surface area contributed by atoms with E-state index in [9.17, 15) is 28.8 Å². The first kappa shape index (κ1) is 30.2. The predicted molar refractivity (Wildman–Crippen MR) is 138 cm³/mol. The van der Waals surface area contributed by atoms with Gasteiger partial charge in [-0.05, 0) is 30.5 Å². The van der Waals surface area contributed by atoms with Crippen LogP contribution in [0.1, 0.15) is 39.2 Å². The molecular formula is C26H35N5O7. The molecule has 0 bridgehead atoms. The number of nitrogens with two attached hydrogens (primary N) is 1. The fourth-order valence-electron chi connectivity index (χ4n) is 3.56. The highest BCUT2D eigenvalue weighted by Crippen LogP contribution is 2.18. The number of ether oxygens (including phenoxy) is 1. The van der Waals surface area contributed by atoms with Crippen molar-refractivity contribution in [3.05, 3.63) is 42.0 Å². The number of benzene rings is 1. The van der Waals surface area contributed by atoms with Crippen LogP contribution < -0.4 is 21.7 Å². The highest BCUT2D eigenvalue weighted by molar-refractivity contribution is 6.13. The van der Waals surface area contributed by atoms with Crippen LogP contribution in [0.5, 0.6) is 0 Å². The van der Waals surface area contributed by atoms with Crippen molar-refractivity contribution in [3.63, 3.8) is 0 Å². The second-order valence-corrected chi connectivity index (χ2v) is 9.21. The number of nitrogens with zero attached hydrogens (tertiary/aromatic N) is 1. The second kappa shape index (κ2) is 14.6. The maximum absolute atomic E-state index is 12.9. The lowest BCUT2D eigenvalue weighted by Crippen LogP contribution is -2.45. The van der Waals surface area contributed by atoms with E-state index in [1.807, 2.05) is 0 Å². The zero-order chi connectivity index (χ0) is 28.2. The molecule has 5 amide bonds. The molecule has 2 atom stereocenters. The number of carbonyl (C=O) groups is 6. The SMILES string of the molecule is CC(C)[C@H](CC(=O)CCN1C(=O)C=CC1=O)C(=O)N[C@@H](C)C(=O)Nc1ccc(COC(=O)NCCN)cc1. The smallest absolute Gasteiger partial charge is 0.407 e. The Bertz CT molecular complexity index is 1050. The number of rotatable bonds is 14. The van der Waals surface area contributed by atoms with Crippen LogP contribution in [-0.2, 0) is 35.3 Å². The number of amides is 5. The Labute approximate surface area is 221 Å². The molecule has 38 heavy (non-hydrogen) atoms. The van der Waals surface area contributed by atoms with E-state index < -0.39 is 41.7 Å². The van der Waals surface area contributed by atoms with Gasteiger partial charge < -0.3 is 26.4 Å². The first-order chi connectivity index (χ1) is 18.0. The molecule has 0 aliphatic carbocycles. The normalized spacial score (nSPS) is 14.3. The van der Waals surface area contributed by atoms with Gasteiger partial charge in [-0.3, -0.25) is 28.9 Å². The predicted octanol–water partition coefficient (Wildman–Crippen LogP) is 0.861. The average Bonchev–Trinajstić information content (AvgIpc) is 3.20. The fraction of sp³-hybridized carbons (Fsp3) is 0.462. The molecule has 0 fully saturated rings. The number of ketones is 1. The highest BCUT2D eigenvalue weighted by Gasteiger charge is 2.29. The van der Waals surface area contributed by atoms with Crippen LogP contribution in [0.2, 0.25) is 0 Å². The third-order valence-electron chi connectivity index (χ3n) is 5.86. The van der Waals surface area contributed by atoms with Crippen LogP contribution in [-0.4, -0.2) is 66.1 Å². The molecular weight excluding hydrogens is 494 g/mol. The molecule has 0 spiro atoms. The van der Waals surface area contributed by atoms with Gasteiger partial charge in [-0.2, -0.15) is 0 Å². The molecule has 1 aliphatic heterocycles. The van der Waals surface area contributed by atoms with Crippen molar-refractivity contribution in [2.75, 3.05) is 25.0 Å². The maximum atomic E-state index is 12.9. The van der Waals surface area contributed by atoms with Crippen LogP contribution in [0, 0.1) is 11.8 Å². The summed E-state index contributed by atoms with van der Waals surface area (Å²) in [7, 11) is 0. The summed E-state index contributed by atoms with van der Waals surface area (Å²) in [5.74, 6) is -2.93. The number of alkyl carbamates (subject to hydrolysis) is 1. The monoisotopic (exact) mass is 529 g/mol. The van der Waals surface area contributed by atoms with Gasteiger partial charge in [-0.1, -0.05) is 26.0 Å². The van der Waals surface area contributed by atoms with Gasteiger partial charge >= 0.3 is 6.09 Å². The number of hydrogen-bond acceptors (Lipinski definition) is 8. The molecule has 1 aromatic carbocycles. The van der Waals surface area contributed by atoms with Crippen molar-refractivity contribution in [2.45, 2.75) is 46.3 Å². The van der Waals surface area contributed by atoms with Crippen molar-refractivity contribution in [1.29, 1.82) is 0 Å². The summed E-state index contributed by atoms with van der Waals surface area (Å²) in [4.78, 5) is 73.7. The van der Waals surface area contributed by atoms with Gasteiger partial charge in [0.1, 0.15) is 18.4 Å². The Morgan fingerprint density at radius 3 is 2.18 bits per heavy atom. The second-order valence-electron chi connectivity index (χ2n) is 9.21. The van der Waals surface area contributed by atoms with E-state index in [0.717, 1.165) is 17.1 Å². The van der Waals surface area contributed by atoms with E-state index in [4.69, 9.17) is 10.5 Å². The lowest BCUT2D eigenvalue weighted by molar-refractivity contribution is -0.137.